The molecule has 0 atom stereocenters. The number of nitrogens with zero attached hydrogens (tertiary/aromatic N) is 2. The van der Waals surface area contributed by atoms with Gasteiger partial charge in [-0.3, -0.25) is 4.57 Å². The third-order valence-electron chi connectivity index (χ3n) is 2.54. The van der Waals surface area contributed by atoms with Crippen LogP contribution in [0.15, 0.2) is 29.4 Å². The van der Waals surface area contributed by atoms with E-state index in [1.807, 2.05) is 0 Å². The van der Waals surface area contributed by atoms with Crippen LogP contribution in [0.4, 0.5) is 0 Å². The van der Waals surface area contributed by atoms with Crippen molar-refractivity contribution in [1.29, 1.82) is 5.26 Å². The second-order valence-corrected chi connectivity index (χ2v) is 5.99. The van der Waals surface area contributed by atoms with Crippen molar-refractivity contribution in [2.45, 2.75) is 20.8 Å². The van der Waals surface area contributed by atoms with E-state index >= 15 is 0 Å². The van der Waals surface area contributed by atoms with Gasteiger partial charge in [0.1, 0.15) is 6.07 Å². The van der Waals surface area contributed by atoms with E-state index in [0.717, 1.165) is 0 Å². The Morgan fingerprint density at radius 2 is 1.86 bits per heavy atom. The molecule has 0 amide bonds. The van der Waals surface area contributed by atoms with Crippen molar-refractivity contribution < 1.29 is 23.2 Å². The smallest absolute Gasteiger partial charge is 0.311 e. The third kappa shape index (κ3) is 4.50. The van der Waals surface area contributed by atoms with E-state index in [9.17, 15) is 9.36 Å². The summed E-state index contributed by atoms with van der Waals surface area (Å²) in [4.78, 5) is 16.6. The molecule has 0 spiro atoms. The molecule has 0 saturated heterocycles. The van der Waals surface area contributed by atoms with Gasteiger partial charge in [0.15, 0.2) is 0 Å². The van der Waals surface area contributed by atoms with Crippen LogP contribution in [0.3, 0.4) is 0 Å². The molecular formula is C14H17N2O5P. The molecule has 0 aliphatic rings. The van der Waals surface area contributed by atoms with Crippen molar-refractivity contribution >= 4 is 19.0 Å². The zero-order chi connectivity index (χ0) is 16.6. The van der Waals surface area contributed by atoms with E-state index in [1.165, 1.54) is 0 Å². The molecule has 1 rings (SSSR count). The first-order valence-electron chi connectivity index (χ1n) is 6.63. The molecule has 0 bridgehead atoms. The first-order chi connectivity index (χ1) is 10.5. The average Bonchev–Trinajstić information content (AvgIpc) is 2.48. The van der Waals surface area contributed by atoms with Crippen LogP contribution in [0.25, 0.3) is 0 Å². The number of hydrogen-bond donors (Lipinski definition) is 0. The van der Waals surface area contributed by atoms with Crippen LogP contribution in [-0.2, 0) is 18.5 Å². The van der Waals surface area contributed by atoms with Gasteiger partial charge >= 0.3 is 13.6 Å². The highest BCUT2D eigenvalue weighted by Crippen LogP contribution is 2.49. The highest BCUT2D eigenvalue weighted by molar-refractivity contribution is 7.73. The lowest BCUT2D eigenvalue weighted by molar-refractivity contribution is 0.0517. The van der Waals surface area contributed by atoms with Crippen molar-refractivity contribution in [3.05, 3.63) is 35.4 Å². The van der Waals surface area contributed by atoms with Crippen molar-refractivity contribution in [2.75, 3.05) is 13.2 Å². The zero-order valence-electron chi connectivity index (χ0n) is 12.6. The van der Waals surface area contributed by atoms with Crippen LogP contribution in [0.2, 0.25) is 0 Å². The van der Waals surface area contributed by atoms with Gasteiger partial charge in [-0.25, -0.2) is 4.79 Å². The Morgan fingerprint density at radius 1 is 1.27 bits per heavy atom. The maximum absolute atomic E-state index is 12.4. The van der Waals surface area contributed by atoms with E-state index in [-0.39, 0.29) is 13.2 Å². The van der Waals surface area contributed by atoms with E-state index in [0.29, 0.717) is 11.1 Å². The van der Waals surface area contributed by atoms with Gasteiger partial charge in [0.2, 0.25) is 0 Å². The van der Waals surface area contributed by atoms with Gasteiger partial charge in [-0.1, -0.05) is 23.4 Å². The minimum atomic E-state index is -3.88. The summed E-state index contributed by atoms with van der Waals surface area (Å²) in [5.41, 5.74) is 0.392. The summed E-state index contributed by atoms with van der Waals surface area (Å²) in [6.45, 7) is 5.05. The van der Waals surface area contributed by atoms with Crippen LogP contribution in [0.1, 0.15) is 29.8 Å². The lowest BCUT2D eigenvalue weighted by Gasteiger charge is -2.14. The highest BCUT2D eigenvalue weighted by Gasteiger charge is 2.33. The predicted octanol–water partition coefficient (Wildman–Crippen LogP) is 3.26. The van der Waals surface area contributed by atoms with Gasteiger partial charge in [0.05, 0.1) is 18.8 Å². The predicted molar refractivity (Wildman–Crippen MR) is 80.5 cm³/mol. The standard InChI is InChI=1S/C14H17N2O5P/c1-4-19-22(18,20-5-2)13(10-15)16-21-14(17)12-9-7-6-8-11(12)3/h6-9H,4-5H2,1-3H3. The monoisotopic (exact) mass is 324 g/mol. The number of hydrogen-bond acceptors (Lipinski definition) is 7. The minimum absolute atomic E-state index is 0.0592. The summed E-state index contributed by atoms with van der Waals surface area (Å²) in [6.07, 6.45) is 0. The summed E-state index contributed by atoms with van der Waals surface area (Å²) in [5.74, 6) is -0.759. The Labute approximate surface area is 129 Å². The Morgan fingerprint density at radius 3 is 2.36 bits per heavy atom. The lowest BCUT2D eigenvalue weighted by atomic mass is 10.1. The second kappa shape index (κ2) is 8.44. The molecule has 0 heterocycles. The maximum Gasteiger partial charge on any atom is 0.393 e. The third-order valence-corrected chi connectivity index (χ3v) is 4.43. The molecular weight excluding hydrogens is 307 g/mol. The number of oxime groups is 1. The fourth-order valence-electron chi connectivity index (χ4n) is 1.57. The summed E-state index contributed by atoms with van der Waals surface area (Å²) in [5, 5.41) is 12.4. The first kappa shape index (κ1) is 18.1. The summed E-state index contributed by atoms with van der Waals surface area (Å²) in [7, 11) is -3.88. The number of benzene rings is 1. The number of aryl methyl sites for hydroxylation is 1. The molecule has 0 fully saturated rings. The van der Waals surface area contributed by atoms with Gasteiger partial charge < -0.3 is 13.9 Å². The number of carbonyl (C=O) groups excluding carboxylic acids is 1. The van der Waals surface area contributed by atoms with Crippen LogP contribution in [0, 0.1) is 18.3 Å². The van der Waals surface area contributed by atoms with Crippen molar-refractivity contribution in [3.63, 3.8) is 0 Å². The van der Waals surface area contributed by atoms with Gasteiger partial charge in [-0.2, -0.15) is 5.26 Å². The van der Waals surface area contributed by atoms with Gasteiger partial charge in [0, 0.05) is 0 Å². The van der Waals surface area contributed by atoms with Crippen molar-refractivity contribution in [3.8, 4) is 6.07 Å². The Balaban J connectivity index is 2.98. The molecule has 1 aromatic rings. The molecule has 118 valence electrons. The minimum Gasteiger partial charge on any atom is -0.311 e. The van der Waals surface area contributed by atoms with E-state index in [4.69, 9.17) is 19.1 Å². The maximum atomic E-state index is 12.4. The van der Waals surface area contributed by atoms with E-state index in [1.54, 1.807) is 51.1 Å². The molecule has 7 nitrogen and oxygen atoms in total. The SMILES string of the molecule is CCOP(=O)(OCC)C(C#N)=NOC(=O)c1ccccc1C. The molecule has 0 saturated carbocycles. The topological polar surface area (TPSA) is 98.0 Å². The Hall–Kier alpha value is -2.00. The van der Waals surface area contributed by atoms with Crippen LogP contribution in [-0.4, -0.2) is 24.6 Å². The fourth-order valence-corrected chi connectivity index (χ4v) is 2.83. The molecule has 22 heavy (non-hydrogen) atoms. The average molecular weight is 324 g/mol. The number of carbonyl (C=O) groups is 1. The van der Waals surface area contributed by atoms with Crippen LogP contribution in [0.5, 0.6) is 0 Å². The van der Waals surface area contributed by atoms with Crippen molar-refractivity contribution in [1.82, 2.24) is 0 Å². The lowest BCUT2D eigenvalue weighted by Crippen LogP contribution is -2.09. The largest absolute Gasteiger partial charge is 0.393 e. The molecule has 0 N–H and O–H groups in total. The van der Waals surface area contributed by atoms with Crippen LogP contribution < -0.4 is 0 Å². The fraction of sp³-hybridized carbons (Fsp3) is 0.357. The van der Waals surface area contributed by atoms with E-state index < -0.39 is 19.0 Å². The molecule has 0 aromatic heterocycles. The molecule has 8 heteroatoms. The normalized spacial score (nSPS) is 11.8. The molecule has 0 unspecified atom stereocenters. The molecule has 0 aliphatic carbocycles. The highest BCUT2D eigenvalue weighted by atomic mass is 31.2. The number of rotatable bonds is 7. The molecule has 0 aliphatic heterocycles. The molecule has 1 aromatic carbocycles. The van der Waals surface area contributed by atoms with Crippen LogP contribution >= 0.6 is 7.60 Å². The second-order valence-electron chi connectivity index (χ2n) is 4.05. The summed E-state index contributed by atoms with van der Waals surface area (Å²) < 4.78 is 22.3. The van der Waals surface area contributed by atoms with Crippen molar-refractivity contribution in [2.24, 2.45) is 5.16 Å². The van der Waals surface area contributed by atoms with Gasteiger partial charge in [0.25, 0.3) is 5.45 Å². The Kier molecular flexibility index (Phi) is 6.93. The molecule has 0 radical (unpaired) electrons. The van der Waals surface area contributed by atoms with E-state index in [2.05, 4.69) is 5.16 Å². The zero-order valence-corrected chi connectivity index (χ0v) is 13.5. The first-order valence-corrected chi connectivity index (χ1v) is 8.17. The Bertz CT molecular complexity index is 641. The summed E-state index contributed by atoms with van der Waals surface area (Å²) >= 11 is 0. The number of nitriles is 1. The van der Waals surface area contributed by atoms with Gasteiger partial charge in [-0.05, 0) is 32.4 Å². The summed E-state index contributed by atoms with van der Waals surface area (Å²) in [6, 6.07) is 8.33. The van der Waals surface area contributed by atoms with Gasteiger partial charge in [-0.15, -0.1) is 0 Å². The quantitative estimate of drug-likeness (QED) is 0.330.